The van der Waals surface area contributed by atoms with Crippen molar-refractivity contribution in [1.29, 1.82) is 0 Å². The molecule has 0 heterocycles. The average molecular weight is 309 g/mol. The number of hydrogen-bond acceptors (Lipinski definition) is 4. The lowest BCUT2D eigenvalue weighted by atomic mass is 10.0. The van der Waals surface area contributed by atoms with Crippen molar-refractivity contribution >= 4 is 17.7 Å². The second-order valence-electron chi connectivity index (χ2n) is 3.79. The average Bonchev–Trinajstić information content (AvgIpc) is 2.56. The summed E-state index contributed by atoms with van der Waals surface area (Å²) in [5, 5.41) is 2.44. The summed E-state index contributed by atoms with van der Waals surface area (Å²) >= 11 is 0. The number of hydrogen-bond donors (Lipinski definition) is 1. The molecule has 1 N–H and O–H groups in total. The second-order valence-corrected chi connectivity index (χ2v) is 3.79. The van der Waals surface area contributed by atoms with E-state index >= 15 is 0 Å². The molecule has 0 aromatic heterocycles. The Labute approximate surface area is 133 Å². The summed E-state index contributed by atoms with van der Waals surface area (Å²) in [7, 11) is 1.25. The minimum atomic E-state index is -0.521. The molecule has 0 saturated carbocycles. The van der Waals surface area contributed by atoms with Gasteiger partial charge >= 0.3 is 5.97 Å². The third kappa shape index (κ3) is 8.89. The maximum atomic E-state index is 11.8. The van der Waals surface area contributed by atoms with Crippen molar-refractivity contribution in [2.45, 2.75) is 41.0 Å². The second kappa shape index (κ2) is 13.8. The first kappa shape index (κ1) is 22.1. The van der Waals surface area contributed by atoms with E-state index in [-0.39, 0.29) is 18.7 Å². The lowest BCUT2D eigenvalue weighted by Crippen LogP contribution is -2.30. The van der Waals surface area contributed by atoms with E-state index in [0.29, 0.717) is 11.1 Å². The number of nitrogens with one attached hydrogen (secondary N) is 1. The smallest absolute Gasteiger partial charge is 0.325 e. The van der Waals surface area contributed by atoms with E-state index in [1.54, 1.807) is 24.3 Å². The quantitative estimate of drug-likeness (QED) is 0.849. The standard InChI is InChI=1S/C13H15NO4.2C2H6/c1-9(15)7-10-5-3-4-6-11(10)13(17)14-8-12(16)18-2;2*1-2/h3-6H,7-8H2,1-2H3,(H,14,17);2*1-2H3. The first-order valence-electron chi connectivity index (χ1n) is 7.47. The molecular weight excluding hydrogens is 282 g/mol. The molecule has 1 aromatic carbocycles. The Hall–Kier alpha value is -2.17. The summed E-state index contributed by atoms with van der Waals surface area (Å²) in [4.78, 5) is 33.9. The highest BCUT2D eigenvalue weighted by atomic mass is 16.5. The zero-order valence-electron chi connectivity index (χ0n) is 14.4. The molecule has 0 aliphatic carbocycles. The molecule has 0 aliphatic rings. The highest BCUT2D eigenvalue weighted by molar-refractivity contribution is 5.98. The lowest BCUT2D eigenvalue weighted by molar-refractivity contribution is -0.139. The van der Waals surface area contributed by atoms with Crippen molar-refractivity contribution in [3.8, 4) is 0 Å². The third-order valence-electron chi connectivity index (χ3n) is 2.32. The fourth-order valence-corrected chi connectivity index (χ4v) is 1.48. The van der Waals surface area contributed by atoms with E-state index in [0.717, 1.165) is 0 Å². The van der Waals surface area contributed by atoms with Gasteiger partial charge in [-0.1, -0.05) is 45.9 Å². The first-order chi connectivity index (χ1) is 10.5. The van der Waals surface area contributed by atoms with Crippen LogP contribution >= 0.6 is 0 Å². The predicted octanol–water partition coefficient (Wildman–Crippen LogP) is 2.77. The number of rotatable bonds is 5. The Morgan fingerprint density at radius 2 is 1.59 bits per heavy atom. The van der Waals surface area contributed by atoms with Gasteiger partial charge in [0.05, 0.1) is 7.11 Å². The first-order valence-corrected chi connectivity index (χ1v) is 7.47. The van der Waals surface area contributed by atoms with E-state index in [1.807, 2.05) is 27.7 Å². The Morgan fingerprint density at radius 1 is 1.05 bits per heavy atom. The van der Waals surface area contributed by atoms with Gasteiger partial charge in [0.15, 0.2) is 0 Å². The maximum absolute atomic E-state index is 11.8. The molecule has 0 radical (unpaired) electrons. The third-order valence-corrected chi connectivity index (χ3v) is 2.32. The minimum absolute atomic E-state index is 0.0248. The van der Waals surface area contributed by atoms with Crippen LogP contribution in [0.25, 0.3) is 0 Å². The van der Waals surface area contributed by atoms with Gasteiger partial charge in [-0.25, -0.2) is 0 Å². The molecule has 1 amide bonds. The molecule has 0 bridgehead atoms. The number of ether oxygens (including phenoxy) is 1. The van der Waals surface area contributed by atoms with E-state index in [4.69, 9.17) is 0 Å². The largest absolute Gasteiger partial charge is 0.468 e. The Kier molecular flexibility index (Phi) is 13.9. The van der Waals surface area contributed by atoms with Gasteiger partial charge < -0.3 is 10.1 Å². The van der Waals surface area contributed by atoms with Crippen molar-refractivity contribution in [3.05, 3.63) is 35.4 Å². The molecule has 5 heteroatoms. The molecule has 0 spiro atoms. The van der Waals surface area contributed by atoms with Gasteiger partial charge in [-0.3, -0.25) is 14.4 Å². The zero-order chi connectivity index (χ0) is 17.5. The van der Waals surface area contributed by atoms with Crippen LogP contribution in [0.4, 0.5) is 0 Å². The number of Topliss-reactive ketones (excluding diaryl/α,β-unsaturated/α-hetero) is 1. The van der Waals surface area contributed by atoms with Crippen LogP contribution < -0.4 is 5.32 Å². The minimum Gasteiger partial charge on any atom is -0.468 e. The number of amides is 1. The van der Waals surface area contributed by atoms with E-state index in [9.17, 15) is 14.4 Å². The van der Waals surface area contributed by atoms with Gasteiger partial charge in [0.1, 0.15) is 12.3 Å². The van der Waals surface area contributed by atoms with Crippen molar-refractivity contribution in [2.24, 2.45) is 0 Å². The van der Waals surface area contributed by atoms with Crippen LogP contribution in [0.15, 0.2) is 24.3 Å². The van der Waals surface area contributed by atoms with Crippen LogP contribution in [-0.4, -0.2) is 31.3 Å². The van der Waals surface area contributed by atoms with Crippen LogP contribution in [0.1, 0.15) is 50.5 Å². The summed E-state index contributed by atoms with van der Waals surface area (Å²) < 4.78 is 4.42. The molecule has 0 unspecified atom stereocenters. The monoisotopic (exact) mass is 309 g/mol. The Bertz CT molecular complexity index is 469. The van der Waals surface area contributed by atoms with E-state index < -0.39 is 11.9 Å². The molecule has 1 rings (SSSR count). The van der Waals surface area contributed by atoms with Crippen LogP contribution in [0, 0.1) is 0 Å². The normalized spacial score (nSPS) is 8.45. The summed E-state index contributed by atoms with van der Waals surface area (Å²) in [6.07, 6.45) is 0.196. The molecule has 22 heavy (non-hydrogen) atoms. The van der Waals surface area contributed by atoms with Gasteiger partial charge in [0.25, 0.3) is 5.91 Å². The van der Waals surface area contributed by atoms with Crippen molar-refractivity contribution in [2.75, 3.05) is 13.7 Å². The fraction of sp³-hybridized carbons (Fsp3) is 0.471. The van der Waals surface area contributed by atoms with Gasteiger partial charge in [-0.05, 0) is 18.6 Å². The van der Waals surface area contributed by atoms with Gasteiger partial charge in [-0.2, -0.15) is 0 Å². The molecule has 0 fully saturated rings. The highest BCUT2D eigenvalue weighted by Crippen LogP contribution is 2.09. The Balaban J connectivity index is 0. The number of ketones is 1. The van der Waals surface area contributed by atoms with Gasteiger partial charge in [0, 0.05) is 12.0 Å². The predicted molar refractivity (Wildman–Crippen MR) is 87.9 cm³/mol. The summed E-state index contributed by atoms with van der Waals surface area (Å²) in [5.74, 6) is -0.937. The van der Waals surface area contributed by atoms with Gasteiger partial charge in [-0.15, -0.1) is 0 Å². The van der Waals surface area contributed by atoms with Crippen LogP contribution in [0.3, 0.4) is 0 Å². The number of carbonyl (C=O) groups is 3. The molecule has 0 atom stereocenters. The number of esters is 1. The number of benzene rings is 1. The van der Waals surface area contributed by atoms with Crippen molar-refractivity contribution in [3.63, 3.8) is 0 Å². The Morgan fingerprint density at radius 3 is 2.09 bits per heavy atom. The van der Waals surface area contributed by atoms with Crippen molar-refractivity contribution in [1.82, 2.24) is 5.32 Å². The van der Waals surface area contributed by atoms with Crippen LogP contribution in [0.2, 0.25) is 0 Å². The lowest BCUT2D eigenvalue weighted by Gasteiger charge is -2.08. The molecule has 0 aliphatic heterocycles. The maximum Gasteiger partial charge on any atom is 0.325 e. The number of carbonyl (C=O) groups excluding carboxylic acids is 3. The summed E-state index contributed by atoms with van der Waals surface area (Å²) in [6.45, 7) is 9.27. The topological polar surface area (TPSA) is 72.5 Å². The molecule has 0 saturated heterocycles. The van der Waals surface area contributed by atoms with E-state index in [1.165, 1.54) is 14.0 Å². The van der Waals surface area contributed by atoms with E-state index in [2.05, 4.69) is 10.1 Å². The summed E-state index contributed by atoms with van der Waals surface area (Å²) in [6, 6.07) is 6.80. The molecule has 5 nitrogen and oxygen atoms in total. The van der Waals surface area contributed by atoms with Gasteiger partial charge in [0.2, 0.25) is 0 Å². The van der Waals surface area contributed by atoms with Crippen molar-refractivity contribution < 1.29 is 19.1 Å². The SMILES string of the molecule is CC.CC.COC(=O)CNC(=O)c1ccccc1CC(C)=O. The molecule has 1 aromatic rings. The summed E-state index contributed by atoms with van der Waals surface area (Å²) in [5.41, 5.74) is 1.05. The number of methoxy groups -OCH3 is 1. The zero-order valence-corrected chi connectivity index (χ0v) is 14.4. The van der Waals surface area contributed by atoms with Crippen LogP contribution in [-0.2, 0) is 20.7 Å². The highest BCUT2D eigenvalue weighted by Gasteiger charge is 2.12. The molecule has 124 valence electrons. The van der Waals surface area contributed by atoms with Crippen LogP contribution in [0.5, 0.6) is 0 Å². The fourth-order valence-electron chi connectivity index (χ4n) is 1.48. The molecular formula is C17H27NO4.